The molecule has 2 rings (SSSR count). The zero-order valence-electron chi connectivity index (χ0n) is 11.0. The molecule has 0 aliphatic carbocycles. The number of aliphatic carboxylic acids is 1. The van der Waals surface area contributed by atoms with Gasteiger partial charge in [0, 0.05) is 18.9 Å². The van der Waals surface area contributed by atoms with Crippen LogP contribution in [-0.4, -0.2) is 41.7 Å². The van der Waals surface area contributed by atoms with E-state index in [-0.39, 0.29) is 12.3 Å². The maximum absolute atomic E-state index is 11.9. The molecular formula is C13H14N2O5. The van der Waals surface area contributed by atoms with Crippen molar-refractivity contribution in [2.24, 2.45) is 0 Å². The minimum atomic E-state index is -1.14. The second-order valence-corrected chi connectivity index (χ2v) is 4.22. The number of nitrogens with one attached hydrogen (secondary N) is 1. The number of methoxy groups -OCH3 is 1. The number of pyridine rings is 1. The van der Waals surface area contributed by atoms with Gasteiger partial charge in [0.2, 0.25) is 0 Å². The second-order valence-electron chi connectivity index (χ2n) is 4.22. The predicted octanol–water partition coefficient (Wildman–Crippen LogP) is 0.966. The van der Waals surface area contributed by atoms with Crippen LogP contribution < -0.4 is 5.32 Å². The van der Waals surface area contributed by atoms with Gasteiger partial charge in [-0.15, -0.1) is 0 Å². The van der Waals surface area contributed by atoms with Crippen LogP contribution in [0.25, 0.3) is 11.1 Å². The van der Waals surface area contributed by atoms with Crippen molar-refractivity contribution in [1.82, 2.24) is 10.3 Å². The van der Waals surface area contributed by atoms with Gasteiger partial charge in [0.25, 0.3) is 5.91 Å². The number of hydrogen-bond acceptors (Lipinski definition) is 5. The molecule has 2 heterocycles. The zero-order chi connectivity index (χ0) is 14.7. The van der Waals surface area contributed by atoms with Gasteiger partial charge in [0.1, 0.15) is 5.52 Å². The van der Waals surface area contributed by atoms with Crippen molar-refractivity contribution in [2.45, 2.75) is 13.0 Å². The number of carbonyl (C=O) groups is 2. The van der Waals surface area contributed by atoms with E-state index < -0.39 is 18.0 Å². The summed E-state index contributed by atoms with van der Waals surface area (Å²) in [5, 5.41) is 11.2. The average molecular weight is 278 g/mol. The van der Waals surface area contributed by atoms with Gasteiger partial charge < -0.3 is 19.6 Å². The number of carboxylic acid groups (broad SMARTS) is 1. The summed E-state index contributed by atoms with van der Waals surface area (Å²) < 4.78 is 10.1. The summed E-state index contributed by atoms with van der Waals surface area (Å²) in [6.45, 7) is 1.69. The van der Waals surface area contributed by atoms with Crippen molar-refractivity contribution in [3.05, 3.63) is 29.7 Å². The highest BCUT2D eigenvalue weighted by molar-refractivity contribution is 5.95. The Hall–Kier alpha value is -2.41. The first kappa shape index (κ1) is 14.0. The number of fused-ring (bicyclic) bond motifs is 1. The number of aromatic nitrogens is 1. The SMILES string of the molecule is COC(CNC(=O)c1cc2nc(C)ccc2o1)C(=O)O. The summed E-state index contributed by atoms with van der Waals surface area (Å²) >= 11 is 0. The lowest BCUT2D eigenvalue weighted by Gasteiger charge is -2.10. The van der Waals surface area contributed by atoms with Gasteiger partial charge in [-0.2, -0.15) is 0 Å². The van der Waals surface area contributed by atoms with E-state index >= 15 is 0 Å². The molecular weight excluding hydrogens is 264 g/mol. The van der Waals surface area contributed by atoms with Crippen LogP contribution >= 0.6 is 0 Å². The van der Waals surface area contributed by atoms with Crippen LogP contribution in [0, 0.1) is 6.92 Å². The normalized spacial score (nSPS) is 12.3. The topological polar surface area (TPSA) is 102 Å². The smallest absolute Gasteiger partial charge is 0.334 e. The Morgan fingerprint density at radius 2 is 2.25 bits per heavy atom. The molecule has 0 bridgehead atoms. The minimum absolute atomic E-state index is 0.0818. The van der Waals surface area contributed by atoms with E-state index in [1.165, 1.54) is 13.2 Å². The lowest BCUT2D eigenvalue weighted by Crippen LogP contribution is -2.37. The fourth-order valence-electron chi connectivity index (χ4n) is 1.68. The fourth-order valence-corrected chi connectivity index (χ4v) is 1.68. The summed E-state index contributed by atoms with van der Waals surface area (Å²) in [6, 6.07) is 5.02. The standard InChI is InChI=1S/C13H14N2O5/c1-7-3-4-9-8(15-7)5-10(20-9)12(16)14-6-11(19-2)13(17)18/h3-5,11H,6H2,1-2H3,(H,14,16)(H,17,18). The third kappa shape index (κ3) is 2.94. The van der Waals surface area contributed by atoms with E-state index in [9.17, 15) is 9.59 Å². The monoisotopic (exact) mass is 278 g/mol. The number of amides is 1. The molecule has 0 aromatic carbocycles. The molecule has 0 saturated heterocycles. The summed E-state index contributed by atoms with van der Waals surface area (Å²) in [5.74, 6) is -1.57. The van der Waals surface area contributed by atoms with Crippen molar-refractivity contribution in [3.63, 3.8) is 0 Å². The van der Waals surface area contributed by atoms with Gasteiger partial charge >= 0.3 is 5.97 Å². The van der Waals surface area contributed by atoms with Crippen LogP contribution in [0.2, 0.25) is 0 Å². The molecule has 0 aliphatic rings. The zero-order valence-corrected chi connectivity index (χ0v) is 11.0. The highest BCUT2D eigenvalue weighted by Crippen LogP contribution is 2.17. The van der Waals surface area contributed by atoms with Gasteiger partial charge in [0.05, 0.1) is 6.54 Å². The van der Waals surface area contributed by atoms with Crippen molar-refractivity contribution in [3.8, 4) is 0 Å². The lowest BCUT2D eigenvalue weighted by atomic mass is 10.3. The number of carbonyl (C=O) groups excluding carboxylic acids is 1. The third-order valence-corrected chi connectivity index (χ3v) is 2.74. The third-order valence-electron chi connectivity index (χ3n) is 2.74. The summed E-state index contributed by atoms with van der Waals surface area (Å²) in [4.78, 5) is 26.8. The molecule has 0 saturated carbocycles. The summed E-state index contributed by atoms with van der Waals surface area (Å²) in [5.41, 5.74) is 1.90. The number of ether oxygens (including phenoxy) is 1. The lowest BCUT2D eigenvalue weighted by molar-refractivity contribution is -0.148. The van der Waals surface area contributed by atoms with Gasteiger partial charge in [-0.1, -0.05) is 0 Å². The van der Waals surface area contributed by atoms with Crippen molar-refractivity contribution in [2.75, 3.05) is 13.7 Å². The number of aryl methyl sites for hydroxylation is 1. The highest BCUT2D eigenvalue weighted by atomic mass is 16.5. The molecule has 2 aromatic heterocycles. The van der Waals surface area contributed by atoms with Crippen LogP contribution in [0.1, 0.15) is 16.2 Å². The quantitative estimate of drug-likeness (QED) is 0.844. The molecule has 2 aromatic rings. The Morgan fingerprint density at radius 1 is 1.50 bits per heavy atom. The predicted molar refractivity (Wildman–Crippen MR) is 69.5 cm³/mol. The molecule has 7 nitrogen and oxygen atoms in total. The van der Waals surface area contributed by atoms with E-state index in [0.717, 1.165) is 5.69 Å². The number of rotatable bonds is 5. The summed E-state index contributed by atoms with van der Waals surface area (Å²) in [7, 11) is 1.26. The molecule has 0 radical (unpaired) electrons. The molecule has 2 N–H and O–H groups in total. The molecule has 20 heavy (non-hydrogen) atoms. The Labute approximate surface area is 114 Å². The molecule has 106 valence electrons. The highest BCUT2D eigenvalue weighted by Gasteiger charge is 2.19. The fraction of sp³-hybridized carbons (Fsp3) is 0.308. The Bertz CT molecular complexity index is 649. The number of hydrogen-bond donors (Lipinski definition) is 2. The van der Waals surface area contributed by atoms with Gasteiger partial charge in [-0.25, -0.2) is 9.78 Å². The molecule has 7 heteroatoms. The maximum atomic E-state index is 11.9. The molecule has 1 amide bonds. The van der Waals surface area contributed by atoms with E-state index in [1.807, 2.05) is 6.92 Å². The first-order chi connectivity index (χ1) is 9.51. The van der Waals surface area contributed by atoms with Crippen LogP contribution in [0.5, 0.6) is 0 Å². The molecule has 1 atom stereocenters. The van der Waals surface area contributed by atoms with Crippen LogP contribution in [0.3, 0.4) is 0 Å². The Kier molecular flexibility index (Phi) is 3.99. The van der Waals surface area contributed by atoms with Crippen molar-refractivity contribution in [1.29, 1.82) is 0 Å². The minimum Gasteiger partial charge on any atom is -0.479 e. The van der Waals surface area contributed by atoms with Crippen molar-refractivity contribution < 1.29 is 23.8 Å². The van der Waals surface area contributed by atoms with Gasteiger partial charge in [0.15, 0.2) is 17.4 Å². The summed E-state index contributed by atoms with van der Waals surface area (Å²) in [6.07, 6.45) is -1.09. The van der Waals surface area contributed by atoms with Gasteiger partial charge in [-0.3, -0.25) is 4.79 Å². The average Bonchev–Trinajstić information content (AvgIpc) is 2.81. The number of nitrogens with zero attached hydrogens (tertiary/aromatic N) is 1. The first-order valence-corrected chi connectivity index (χ1v) is 5.92. The second kappa shape index (κ2) is 5.70. The molecule has 1 unspecified atom stereocenters. The maximum Gasteiger partial charge on any atom is 0.334 e. The largest absolute Gasteiger partial charge is 0.479 e. The van der Waals surface area contributed by atoms with Crippen LogP contribution in [-0.2, 0) is 9.53 Å². The first-order valence-electron chi connectivity index (χ1n) is 5.92. The van der Waals surface area contributed by atoms with Gasteiger partial charge in [-0.05, 0) is 19.1 Å². The Balaban J connectivity index is 2.09. The number of furan rings is 1. The van der Waals surface area contributed by atoms with Crippen LogP contribution in [0.15, 0.2) is 22.6 Å². The van der Waals surface area contributed by atoms with Crippen LogP contribution in [0.4, 0.5) is 0 Å². The van der Waals surface area contributed by atoms with E-state index in [4.69, 9.17) is 14.3 Å². The molecule has 0 spiro atoms. The molecule has 0 aliphatic heterocycles. The van der Waals surface area contributed by atoms with E-state index in [2.05, 4.69) is 10.3 Å². The number of carboxylic acids is 1. The van der Waals surface area contributed by atoms with E-state index in [1.54, 1.807) is 12.1 Å². The van der Waals surface area contributed by atoms with Crippen molar-refractivity contribution >= 4 is 23.0 Å². The van der Waals surface area contributed by atoms with E-state index in [0.29, 0.717) is 11.1 Å². The Morgan fingerprint density at radius 3 is 2.90 bits per heavy atom. The molecule has 0 fully saturated rings.